The number of amides is 1. The van der Waals surface area contributed by atoms with Crippen LogP contribution in [0.15, 0.2) is 47.4 Å². The van der Waals surface area contributed by atoms with Crippen LogP contribution in [0.25, 0.3) is 0 Å². The first-order chi connectivity index (χ1) is 15.9. The van der Waals surface area contributed by atoms with E-state index in [1.54, 1.807) is 42.8 Å². The van der Waals surface area contributed by atoms with Crippen molar-refractivity contribution in [1.29, 1.82) is 0 Å². The van der Waals surface area contributed by atoms with Crippen molar-refractivity contribution in [2.24, 2.45) is 0 Å². The molecule has 33 heavy (non-hydrogen) atoms. The Hall–Kier alpha value is -2.58. The summed E-state index contributed by atoms with van der Waals surface area (Å²) in [6, 6.07) is 11.9. The lowest BCUT2D eigenvalue weighted by Crippen LogP contribution is -2.41. The van der Waals surface area contributed by atoms with E-state index in [0.29, 0.717) is 24.4 Å². The van der Waals surface area contributed by atoms with Crippen molar-refractivity contribution < 1.29 is 22.7 Å². The van der Waals surface area contributed by atoms with Crippen molar-refractivity contribution >= 4 is 15.9 Å². The minimum Gasteiger partial charge on any atom is -0.497 e. The highest BCUT2D eigenvalue weighted by molar-refractivity contribution is 7.89. The van der Waals surface area contributed by atoms with Gasteiger partial charge >= 0.3 is 0 Å². The molecule has 0 saturated carbocycles. The Kier molecular flexibility index (Phi) is 6.95. The van der Waals surface area contributed by atoms with Gasteiger partial charge in [0, 0.05) is 30.3 Å². The molecule has 2 aromatic rings. The monoisotopic (exact) mass is 472 g/mol. The normalized spacial score (nSPS) is 21.7. The lowest BCUT2D eigenvalue weighted by atomic mass is 10.0. The molecule has 0 bridgehead atoms. The Bertz CT molecular complexity index is 1100. The number of hydrogen-bond donors (Lipinski definition) is 0. The molecular formula is C25H32N2O5S. The molecule has 2 aliphatic heterocycles. The molecule has 2 saturated heterocycles. The Balaban J connectivity index is 1.57. The standard InChI is InChI=1S/C25H32N2O5S/c1-18-7-4-5-16-27(18)33(29,30)21-12-9-19(10-13-21)25(28)26-15-6-8-23(26)22-17-20(31-2)11-14-24(22)32-3/h9-14,17-18,23H,4-8,15-16H2,1-3H3. The van der Waals surface area contributed by atoms with Crippen molar-refractivity contribution in [2.75, 3.05) is 27.3 Å². The second-order valence-electron chi connectivity index (χ2n) is 8.75. The summed E-state index contributed by atoms with van der Waals surface area (Å²) < 4.78 is 38.7. The molecule has 2 heterocycles. The average Bonchev–Trinajstić information content (AvgIpc) is 3.33. The fourth-order valence-corrected chi connectivity index (χ4v) is 6.63. The van der Waals surface area contributed by atoms with Gasteiger partial charge in [-0.15, -0.1) is 0 Å². The SMILES string of the molecule is COc1ccc(OC)c(C2CCCN2C(=O)c2ccc(S(=O)(=O)N3CCCCC3C)cc2)c1. The van der Waals surface area contributed by atoms with Crippen molar-refractivity contribution in [1.82, 2.24) is 9.21 Å². The van der Waals surface area contributed by atoms with E-state index in [4.69, 9.17) is 9.47 Å². The third-order valence-corrected chi connectivity index (χ3v) is 8.79. The number of piperidine rings is 1. The van der Waals surface area contributed by atoms with Gasteiger partial charge in [-0.25, -0.2) is 8.42 Å². The lowest BCUT2D eigenvalue weighted by molar-refractivity contribution is 0.0734. The molecule has 178 valence electrons. The first-order valence-corrected chi connectivity index (χ1v) is 13.0. The fourth-order valence-electron chi connectivity index (χ4n) is 4.93. The summed E-state index contributed by atoms with van der Waals surface area (Å²) in [5.74, 6) is 1.32. The fraction of sp³-hybridized carbons (Fsp3) is 0.480. The van der Waals surface area contributed by atoms with Gasteiger partial charge < -0.3 is 14.4 Å². The molecule has 0 aromatic heterocycles. The van der Waals surface area contributed by atoms with Gasteiger partial charge in [-0.3, -0.25) is 4.79 Å². The summed E-state index contributed by atoms with van der Waals surface area (Å²) in [6.45, 7) is 3.13. The number of methoxy groups -OCH3 is 2. The van der Waals surface area contributed by atoms with E-state index in [0.717, 1.165) is 43.4 Å². The largest absolute Gasteiger partial charge is 0.497 e. The zero-order chi connectivity index (χ0) is 23.6. The van der Waals surface area contributed by atoms with Gasteiger partial charge in [0.2, 0.25) is 10.0 Å². The molecule has 2 aliphatic rings. The molecule has 0 radical (unpaired) electrons. The van der Waals surface area contributed by atoms with E-state index < -0.39 is 10.0 Å². The highest BCUT2D eigenvalue weighted by Gasteiger charge is 2.34. The highest BCUT2D eigenvalue weighted by atomic mass is 32.2. The molecular weight excluding hydrogens is 440 g/mol. The van der Waals surface area contributed by atoms with Gasteiger partial charge in [-0.1, -0.05) is 6.42 Å². The molecule has 0 aliphatic carbocycles. The van der Waals surface area contributed by atoms with E-state index in [1.165, 1.54) is 0 Å². The van der Waals surface area contributed by atoms with Gasteiger partial charge in [-0.2, -0.15) is 4.31 Å². The molecule has 7 nitrogen and oxygen atoms in total. The number of benzene rings is 2. The smallest absolute Gasteiger partial charge is 0.254 e. The zero-order valence-corrected chi connectivity index (χ0v) is 20.3. The van der Waals surface area contributed by atoms with Crippen LogP contribution in [-0.2, 0) is 10.0 Å². The number of rotatable bonds is 6. The first kappa shape index (κ1) is 23.6. The van der Waals surface area contributed by atoms with Crippen LogP contribution < -0.4 is 9.47 Å². The summed E-state index contributed by atoms with van der Waals surface area (Å²) >= 11 is 0. The van der Waals surface area contributed by atoms with Crippen LogP contribution in [0, 0.1) is 0 Å². The van der Waals surface area contributed by atoms with Crippen LogP contribution in [0.5, 0.6) is 11.5 Å². The molecule has 2 aromatic carbocycles. The Morgan fingerprint density at radius 2 is 1.70 bits per heavy atom. The Morgan fingerprint density at radius 3 is 2.36 bits per heavy atom. The van der Waals surface area contributed by atoms with Crippen LogP contribution in [0.1, 0.15) is 61.0 Å². The number of nitrogens with zero attached hydrogens (tertiary/aromatic N) is 2. The van der Waals surface area contributed by atoms with Crippen molar-refractivity contribution in [3.05, 3.63) is 53.6 Å². The summed E-state index contributed by atoms with van der Waals surface area (Å²) in [5.41, 5.74) is 1.40. The molecule has 2 unspecified atom stereocenters. The van der Waals surface area contributed by atoms with Crippen LogP contribution in [0.4, 0.5) is 0 Å². The summed E-state index contributed by atoms with van der Waals surface area (Å²) in [7, 11) is -0.331. The van der Waals surface area contributed by atoms with Gasteiger partial charge in [-0.05, 0) is 75.1 Å². The Morgan fingerprint density at radius 1 is 0.939 bits per heavy atom. The van der Waals surface area contributed by atoms with E-state index in [1.807, 2.05) is 30.0 Å². The van der Waals surface area contributed by atoms with E-state index in [-0.39, 0.29) is 22.9 Å². The predicted octanol–water partition coefficient (Wildman–Crippen LogP) is 4.24. The molecule has 4 rings (SSSR count). The van der Waals surface area contributed by atoms with Crippen molar-refractivity contribution in [3.63, 3.8) is 0 Å². The summed E-state index contributed by atoms with van der Waals surface area (Å²) in [4.78, 5) is 15.5. The zero-order valence-electron chi connectivity index (χ0n) is 19.5. The third kappa shape index (κ3) is 4.59. The number of ether oxygens (including phenoxy) is 2. The van der Waals surface area contributed by atoms with Crippen molar-refractivity contribution in [2.45, 2.75) is 56.0 Å². The van der Waals surface area contributed by atoms with Crippen molar-refractivity contribution in [3.8, 4) is 11.5 Å². The topological polar surface area (TPSA) is 76.1 Å². The maximum Gasteiger partial charge on any atom is 0.254 e. The summed E-state index contributed by atoms with van der Waals surface area (Å²) in [5, 5.41) is 0. The van der Waals surface area contributed by atoms with Crippen LogP contribution in [0.2, 0.25) is 0 Å². The third-order valence-electron chi connectivity index (χ3n) is 6.76. The van der Waals surface area contributed by atoms with Gasteiger partial charge in [0.25, 0.3) is 5.91 Å². The molecule has 8 heteroatoms. The van der Waals surface area contributed by atoms with Crippen LogP contribution in [0.3, 0.4) is 0 Å². The second-order valence-corrected chi connectivity index (χ2v) is 10.6. The predicted molar refractivity (Wildman–Crippen MR) is 126 cm³/mol. The van der Waals surface area contributed by atoms with Gasteiger partial charge in [0.05, 0.1) is 25.2 Å². The lowest BCUT2D eigenvalue weighted by Gasteiger charge is -2.32. The maximum absolute atomic E-state index is 13.4. The first-order valence-electron chi connectivity index (χ1n) is 11.5. The quantitative estimate of drug-likeness (QED) is 0.628. The second kappa shape index (κ2) is 9.73. The molecule has 2 fully saturated rings. The van der Waals surface area contributed by atoms with Crippen LogP contribution in [-0.4, -0.2) is 56.9 Å². The van der Waals surface area contributed by atoms with E-state index in [2.05, 4.69) is 0 Å². The minimum absolute atomic E-state index is 0.00624. The minimum atomic E-state index is -3.57. The van der Waals surface area contributed by atoms with Crippen LogP contribution >= 0.6 is 0 Å². The number of sulfonamides is 1. The molecule has 0 N–H and O–H groups in total. The number of likely N-dealkylation sites (tertiary alicyclic amines) is 1. The maximum atomic E-state index is 13.4. The molecule has 1 amide bonds. The average molecular weight is 473 g/mol. The van der Waals surface area contributed by atoms with E-state index >= 15 is 0 Å². The number of hydrogen-bond acceptors (Lipinski definition) is 5. The highest BCUT2D eigenvalue weighted by Crippen LogP contribution is 2.39. The molecule has 0 spiro atoms. The summed E-state index contributed by atoms with van der Waals surface area (Å²) in [6.07, 6.45) is 4.52. The van der Waals surface area contributed by atoms with Gasteiger partial charge in [0.1, 0.15) is 11.5 Å². The number of carbonyl (C=O) groups is 1. The molecule has 2 atom stereocenters. The Labute approximate surface area is 196 Å². The van der Waals surface area contributed by atoms with Gasteiger partial charge in [0.15, 0.2) is 0 Å². The number of carbonyl (C=O) groups excluding carboxylic acids is 1. The van der Waals surface area contributed by atoms with E-state index in [9.17, 15) is 13.2 Å².